The number of aryl methyl sites for hydroxylation is 3. The zero-order chi connectivity index (χ0) is 34.8. The summed E-state index contributed by atoms with van der Waals surface area (Å²) in [5.41, 5.74) is 2.77. The van der Waals surface area contributed by atoms with Gasteiger partial charge in [-0.25, -0.2) is 19.3 Å². The number of carbonyl (C=O) groups is 3. The summed E-state index contributed by atoms with van der Waals surface area (Å²) in [6.07, 6.45) is -0.485. The average Bonchev–Trinajstić information content (AvgIpc) is 3.59. The largest absolute Gasteiger partial charge is 0.494 e. The number of rotatable bonds is 14. The molecule has 0 saturated carbocycles. The van der Waals surface area contributed by atoms with Crippen LogP contribution >= 0.6 is 0 Å². The zero-order valence-electron chi connectivity index (χ0n) is 28.8. The molecule has 0 aliphatic heterocycles. The van der Waals surface area contributed by atoms with E-state index in [1.807, 2.05) is 59.5 Å². The number of ether oxygens (including phenoxy) is 3. The van der Waals surface area contributed by atoms with Gasteiger partial charge >= 0.3 is 12.2 Å². The molecule has 3 N–H and O–H groups in total. The summed E-state index contributed by atoms with van der Waals surface area (Å²) < 4.78 is 20.2. The number of likely N-dealkylation sites (N-methyl/N-ethyl adjacent to an activating group) is 1. The Balaban J connectivity index is 1.51. The Morgan fingerprint density at radius 2 is 1.73 bits per heavy atom. The Labute approximate surface area is 280 Å². The van der Waals surface area contributed by atoms with Gasteiger partial charge in [-0.15, -0.1) is 0 Å². The standard InChI is InChI=1S/C34H46N8O6/c1-8-42-28(19-23(2)39-42)38-31-37-26-20-25(30(43)40(6)18-16-36-33(45)48-34(3,4)5)21-27(46-7)29(26)41(31)17-12-15-35-32(44)47-22-24-13-10-9-11-14-24/h9-11,13-14,19-21H,8,12,15-18,22H2,1-7H3,(H,35,44)(H,36,45)(H,37,38). The number of benzene rings is 2. The van der Waals surface area contributed by atoms with Gasteiger partial charge in [0.2, 0.25) is 5.95 Å². The van der Waals surface area contributed by atoms with Crippen molar-refractivity contribution in [3.8, 4) is 5.75 Å². The van der Waals surface area contributed by atoms with Crippen LogP contribution in [0.3, 0.4) is 0 Å². The molecule has 0 fully saturated rings. The first kappa shape index (κ1) is 35.6. The summed E-state index contributed by atoms with van der Waals surface area (Å²) >= 11 is 0. The maximum absolute atomic E-state index is 13.5. The van der Waals surface area contributed by atoms with Crippen molar-refractivity contribution in [3.63, 3.8) is 0 Å². The number of imidazole rings is 1. The van der Waals surface area contributed by atoms with Crippen molar-refractivity contribution in [2.24, 2.45) is 0 Å². The Morgan fingerprint density at radius 3 is 2.42 bits per heavy atom. The minimum absolute atomic E-state index is 0.186. The molecule has 0 unspecified atom stereocenters. The van der Waals surface area contributed by atoms with Crippen LogP contribution in [-0.4, -0.2) is 81.7 Å². The molecule has 0 aliphatic carbocycles. The van der Waals surface area contributed by atoms with E-state index >= 15 is 0 Å². The fourth-order valence-electron chi connectivity index (χ4n) is 4.99. The summed E-state index contributed by atoms with van der Waals surface area (Å²) in [6.45, 7) is 11.4. The third-order valence-corrected chi connectivity index (χ3v) is 7.22. The predicted molar refractivity (Wildman–Crippen MR) is 183 cm³/mol. The number of aromatic nitrogens is 4. The first-order valence-corrected chi connectivity index (χ1v) is 15.9. The number of methoxy groups -OCH3 is 1. The first-order chi connectivity index (χ1) is 22.9. The van der Waals surface area contributed by atoms with Gasteiger partial charge in [0.25, 0.3) is 5.91 Å². The highest BCUT2D eigenvalue weighted by Gasteiger charge is 2.22. The number of amides is 3. The molecule has 0 bridgehead atoms. The van der Waals surface area contributed by atoms with Gasteiger partial charge in [0.05, 0.1) is 18.3 Å². The molecule has 258 valence electrons. The van der Waals surface area contributed by atoms with Crippen molar-refractivity contribution in [1.82, 2.24) is 34.9 Å². The molecular formula is C34H46N8O6. The number of nitrogens with zero attached hydrogens (tertiary/aromatic N) is 5. The molecule has 0 saturated heterocycles. The van der Waals surface area contributed by atoms with Crippen LogP contribution < -0.4 is 20.7 Å². The van der Waals surface area contributed by atoms with Crippen LogP contribution in [0.15, 0.2) is 48.5 Å². The van der Waals surface area contributed by atoms with Crippen molar-refractivity contribution in [3.05, 3.63) is 65.4 Å². The predicted octanol–water partition coefficient (Wildman–Crippen LogP) is 5.23. The maximum atomic E-state index is 13.5. The third kappa shape index (κ3) is 9.62. The number of hydrogen-bond donors (Lipinski definition) is 3. The van der Waals surface area contributed by atoms with Crippen LogP contribution in [0.5, 0.6) is 5.75 Å². The number of alkyl carbamates (subject to hydrolysis) is 2. The van der Waals surface area contributed by atoms with E-state index in [2.05, 4.69) is 21.0 Å². The second-order valence-electron chi connectivity index (χ2n) is 12.2. The van der Waals surface area contributed by atoms with Gasteiger partial charge < -0.3 is 39.6 Å². The van der Waals surface area contributed by atoms with E-state index in [9.17, 15) is 14.4 Å². The number of carbonyl (C=O) groups excluding carboxylic acids is 3. The van der Waals surface area contributed by atoms with E-state index in [1.165, 1.54) is 4.90 Å². The minimum atomic E-state index is -0.616. The molecule has 3 amide bonds. The van der Waals surface area contributed by atoms with E-state index in [4.69, 9.17) is 19.2 Å². The van der Waals surface area contributed by atoms with E-state index in [0.717, 1.165) is 17.1 Å². The molecule has 0 radical (unpaired) electrons. The van der Waals surface area contributed by atoms with Crippen LogP contribution in [0.2, 0.25) is 0 Å². The smallest absolute Gasteiger partial charge is 0.407 e. The van der Waals surface area contributed by atoms with Gasteiger partial charge in [0.15, 0.2) is 0 Å². The second-order valence-corrected chi connectivity index (χ2v) is 12.2. The Hall–Kier alpha value is -5.27. The summed E-state index contributed by atoms with van der Waals surface area (Å²) in [4.78, 5) is 44.2. The first-order valence-electron chi connectivity index (χ1n) is 15.9. The molecule has 2 heterocycles. The molecule has 0 spiro atoms. The second kappa shape index (κ2) is 16.0. The lowest BCUT2D eigenvalue weighted by molar-refractivity contribution is 0.0517. The van der Waals surface area contributed by atoms with Gasteiger partial charge in [-0.2, -0.15) is 5.10 Å². The van der Waals surface area contributed by atoms with E-state index in [1.54, 1.807) is 47.1 Å². The van der Waals surface area contributed by atoms with Crippen LogP contribution in [-0.2, 0) is 29.2 Å². The van der Waals surface area contributed by atoms with Crippen molar-refractivity contribution < 1.29 is 28.6 Å². The molecule has 2 aromatic carbocycles. The van der Waals surface area contributed by atoms with Crippen LogP contribution in [0.25, 0.3) is 11.0 Å². The summed E-state index contributed by atoms with van der Waals surface area (Å²) in [7, 11) is 3.20. The van der Waals surface area contributed by atoms with Gasteiger partial charge in [-0.1, -0.05) is 30.3 Å². The Kier molecular flexibility index (Phi) is 11.9. The topological polar surface area (TPSA) is 154 Å². The van der Waals surface area contributed by atoms with Crippen LogP contribution in [0.1, 0.15) is 55.7 Å². The lowest BCUT2D eigenvalue weighted by Gasteiger charge is -2.21. The number of anilines is 2. The van der Waals surface area contributed by atoms with Gasteiger partial charge in [0, 0.05) is 51.4 Å². The van der Waals surface area contributed by atoms with Gasteiger partial charge in [-0.05, 0) is 58.7 Å². The molecule has 14 nitrogen and oxygen atoms in total. The molecular weight excluding hydrogens is 616 g/mol. The van der Waals surface area contributed by atoms with Crippen molar-refractivity contribution in [2.45, 2.75) is 66.3 Å². The molecule has 4 aromatic rings. The van der Waals surface area contributed by atoms with Crippen molar-refractivity contribution >= 4 is 40.9 Å². The molecule has 14 heteroatoms. The van der Waals surface area contributed by atoms with Crippen LogP contribution in [0, 0.1) is 6.92 Å². The molecule has 0 aliphatic rings. The Morgan fingerprint density at radius 1 is 1.00 bits per heavy atom. The van der Waals surface area contributed by atoms with Crippen molar-refractivity contribution in [2.75, 3.05) is 39.1 Å². The third-order valence-electron chi connectivity index (χ3n) is 7.22. The van der Waals surface area contributed by atoms with Gasteiger partial charge in [-0.3, -0.25) is 4.79 Å². The molecule has 0 atom stereocenters. The van der Waals surface area contributed by atoms with Crippen molar-refractivity contribution in [1.29, 1.82) is 0 Å². The fraction of sp³-hybridized carbons (Fsp3) is 0.441. The minimum Gasteiger partial charge on any atom is -0.494 e. The van der Waals surface area contributed by atoms with E-state index in [0.29, 0.717) is 54.3 Å². The quantitative estimate of drug-likeness (QED) is 0.154. The van der Waals surface area contributed by atoms with E-state index < -0.39 is 17.8 Å². The maximum Gasteiger partial charge on any atom is 0.407 e. The SMILES string of the molecule is CCn1nc(C)cc1Nc1nc2cc(C(=O)N(C)CCNC(=O)OC(C)(C)C)cc(OC)c2n1CCCNC(=O)OCc1ccccc1. The Bertz CT molecular complexity index is 1710. The molecule has 2 aromatic heterocycles. The lowest BCUT2D eigenvalue weighted by atomic mass is 10.1. The lowest BCUT2D eigenvalue weighted by Crippen LogP contribution is -2.38. The summed E-state index contributed by atoms with van der Waals surface area (Å²) in [6, 6.07) is 14.8. The highest BCUT2D eigenvalue weighted by atomic mass is 16.6. The summed E-state index contributed by atoms with van der Waals surface area (Å²) in [5, 5.41) is 13.4. The number of hydrogen-bond acceptors (Lipinski definition) is 9. The summed E-state index contributed by atoms with van der Waals surface area (Å²) in [5.74, 6) is 1.50. The fourth-order valence-corrected chi connectivity index (χ4v) is 4.99. The number of fused-ring (bicyclic) bond motifs is 1. The van der Waals surface area contributed by atoms with Gasteiger partial charge in [0.1, 0.15) is 29.3 Å². The van der Waals surface area contributed by atoms with E-state index in [-0.39, 0.29) is 25.6 Å². The monoisotopic (exact) mass is 662 g/mol. The highest BCUT2D eigenvalue weighted by Crippen LogP contribution is 2.32. The number of nitrogens with one attached hydrogen (secondary N) is 3. The molecule has 4 rings (SSSR count). The highest BCUT2D eigenvalue weighted by molar-refractivity contribution is 5.99. The van der Waals surface area contributed by atoms with Crippen LogP contribution in [0.4, 0.5) is 21.4 Å². The normalized spacial score (nSPS) is 11.2. The zero-order valence-corrected chi connectivity index (χ0v) is 28.8. The average molecular weight is 663 g/mol. The molecule has 48 heavy (non-hydrogen) atoms.